The second-order valence-electron chi connectivity index (χ2n) is 8.59. The molecule has 0 unspecified atom stereocenters. The highest BCUT2D eigenvalue weighted by molar-refractivity contribution is 7.80. The molecule has 8 heteroatoms. The van der Waals surface area contributed by atoms with Crippen molar-refractivity contribution in [1.29, 1.82) is 0 Å². The van der Waals surface area contributed by atoms with Crippen LogP contribution >= 0.6 is 12.2 Å². The number of hydrogen-bond acceptors (Lipinski definition) is 6. The second-order valence-corrected chi connectivity index (χ2v) is 9.00. The minimum absolute atomic E-state index is 0.474. The van der Waals surface area contributed by atoms with Crippen LogP contribution in [0, 0.1) is 5.92 Å². The van der Waals surface area contributed by atoms with Crippen LogP contribution in [0.3, 0.4) is 0 Å². The molecule has 3 aromatic rings. The Kier molecular flexibility index (Phi) is 5.94. The molecule has 5 rings (SSSR count). The maximum atomic E-state index is 5.49. The van der Waals surface area contributed by atoms with Gasteiger partial charge in [-0.3, -0.25) is 0 Å². The monoisotopic (exact) mass is 448 g/mol. The summed E-state index contributed by atoms with van der Waals surface area (Å²) in [6.07, 6.45) is 4.01. The maximum Gasteiger partial charge on any atom is 0.232 e. The standard InChI is InChI=1S/C24H28N6OS/c1-17-8-10-29(11-9-17)21-13-22(30-15-18-5-2-3-6-19(18)16-30)27-23(26-21)28-24(32)25-14-20-7-4-12-31-20/h2-7,12-13,17H,8-11,14-16H2,1H3,(H2,25,26,27,28,32). The summed E-state index contributed by atoms with van der Waals surface area (Å²) in [6.45, 7) is 6.56. The van der Waals surface area contributed by atoms with E-state index in [2.05, 4.69) is 57.7 Å². The molecule has 0 amide bonds. The number of nitrogens with zero attached hydrogens (tertiary/aromatic N) is 4. The van der Waals surface area contributed by atoms with Crippen molar-refractivity contribution < 1.29 is 4.42 Å². The first-order valence-corrected chi connectivity index (χ1v) is 11.6. The van der Waals surface area contributed by atoms with E-state index >= 15 is 0 Å². The summed E-state index contributed by atoms with van der Waals surface area (Å²) in [5, 5.41) is 6.82. The maximum absolute atomic E-state index is 5.49. The fraction of sp³-hybridized carbons (Fsp3) is 0.375. The fourth-order valence-electron chi connectivity index (χ4n) is 4.26. The molecule has 2 aromatic heterocycles. The van der Waals surface area contributed by atoms with Gasteiger partial charge in [0, 0.05) is 32.2 Å². The molecule has 0 bridgehead atoms. The number of anilines is 3. The molecular formula is C24H28N6OS. The van der Waals surface area contributed by atoms with Crippen LogP contribution in [0.5, 0.6) is 0 Å². The van der Waals surface area contributed by atoms with Crippen molar-refractivity contribution in [1.82, 2.24) is 15.3 Å². The van der Waals surface area contributed by atoms with E-state index in [-0.39, 0.29) is 0 Å². The second kappa shape index (κ2) is 9.16. The molecular weight excluding hydrogens is 420 g/mol. The number of benzene rings is 1. The number of hydrogen-bond donors (Lipinski definition) is 2. The van der Waals surface area contributed by atoms with Gasteiger partial charge in [0.05, 0.1) is 12.8 Å². The lowest BCUT2D eigenvalue weighted by Crippen LogP contribution is -2.34. The molecule has 0 saturated carbocycles. The topological polar surface area (TPSA) is 69.5 Å². The van der Waals surface area contributed by atoms with Gasteiger partial charge >= 0.3 is 0 Å². The van der Waals surface area contributed by atoms with Crippen molar-refractivity contribution in [2.75, 3.05) is 28.2 Å². The van der Waals surface area contributed by atoms with E-state index in [1.54, 1.807) is 6.26 Å². The summed E-state index contributed by atoms with van der Waals surface area (Å²) in [6, 6.07) is 14.5. The first-order valence-electron chi connectivity index (χ1n) is 11.2. The normalized spacial score (nSPS) is 16.2. The van der Waals surface area contributed by atoms with Gasteiger partial charge in [-0.25, -0.2) is 0 Å². The molecule has 0 atom stereocenters. The molecule has 1 fully saturated rings. The highest BCUT2D eigenvalue weighted by Gasteiger charge is 2.23. The van der Waals surface area contributed by atoms with E-state index in [0.717, 1.165) is 49.5 Å². The average Bonchev–Trinajstić information content (AvgIpc) is 3.48. The average molecular weight is 449 g/mol. The molecule has 0 radical (unpaired) electrons. The smallest absolute Gasteiger partial charge is 0.232 e. The third-order valence-electron chi connectivity index (χ3n) is 6.20. The highest BCUT2D eigenvalue weighted by Crippen LogP contribution is 2.31. The molecule has 7 nitrogen and oxygen atoms in total. The third-order valence-corrected chi connectivity index (χ3v) is 6.45. The minimum Gasteiger partial charge on any atom is -0.467 e. The molecule has 0 aliphatic carbocycles. The van der Waals surface area contributed by atoms with E-state index in [1.807, 2.05) is 12.1 Å². The van der Waals surface area contributed by atoms with Gasteiger partial charge in [-0.1, -0.05) is 31.2 Å². The number of aromatic nitrogens is 2. The van der Waals surface area contributed by atoms with Gasteiger partial charge in [0.25, 0.3) is 0 Å². The van der Waals surface area contributed by atoms with Crippen molar-refractivity contribution in [2.45, 2.75) is 39.4 Å². The quantitative estimate of drug-likeness (QED) is 0.560. The minimum atomic E-state index is 0.474. The number of fused-ring (bicyclic) bond motifs is 1. The van der Waals surface area contributed by atoms with E-state index in [1.165, 1.54) is 24.0 Å². The molecule has 2 aliphatic rings. The van der Waals surface area contributed by atoms with Gasteiger partial charge < -0.3 is 24.9 Å². The Morgan fingerprint density at radius 2 is 1.72 bits per heavy atom. The summed E-state index contributed by atoms with van der Waals surface area (Å²) in [5.74, 6) is 3.97. The van der Waals surface area contributed by atoms with E-state index < -0.39 is 0 Å². The summed E-state index contributed by atoms with van der Waals surface area (Å²) >= 11 is 5.49. The van der Waals surface area contributed by atoms with Crippen LogP contribution in [0.25, 0.3) is 0 Å². The molecule has 0 spiro atoms. The number of rotatable bonds is 5. The Balaban J connectivity index is 1.36. The third kappa shape index (κ3) is 4.70. The van der Waals surface area contributed by atoms with Crippen LogP contribution in [0.1, 0.15) is 36.7 Å². The molecule has 4 heterocycles. The Bertz CT molecular complexity index is 1050. The van der Waals surface area contributed by atoms with Crippen LogP contribution in [-0.4, -0.2) is 28.2 Å². The number of thiocarbonyl (C=S) groups is 1. The molecule has 166 valence electrons. The first-order chi connectivity index (χ1) is 15.6. The Hall–Kier alpha value is -3.13. The molecule has 1 aromatic carbocycles. The van der Waals surface area contributed by atoms with Crippen molar-refractivity contribution >= 4 is 34.9 Å². The molecule has 2 aliphatic heterocycles. The number of piperidine rings is 1. The van der Waals surface area contributed by atoms with Gasteiger partial charge in [0.15, 0.2) is 5.11 Å². The Labute approximate surface area is 193 Å². The van der Waals surface area contributed by atoms with Crippen LogP contribution < -0.4 is 20.4 Å². The zero-order valence-electron chi connectivity index (χ0n) is 18.3. The van der Waals surface area contributed by atoms with Gasteiger partial charge in [0.1, 0.15) is 17.4 Å². The molecule has 1 saturated heterocycles. The van der Waals surface area contributed by atoms with Crippen molar-refractivity contribution in [3.05, 3.63) is 65.6 Å². The van der Waals surface area contributed by atoms with E-state index in [9.17, 15) is 0 Å². The molecule has 32 heavy (non-hydrogen) atoms. The van der Waals surface area contributed by atoms with Crippen molar-refractivity contribution in [2.24, 2.45) is 5.92 Å². The lowest BCUT2D eigenvalue weighted by atomic mass is 9.99. The lowest BCUT2D eigenvalue weighted by molar-refractivity contribution is 0.436. The zero-order chi connectivity index (χ0) is 21.9. The highest BCUT2D eigenvalue weighted by atomic mass is 32.1. The predicted molar refractivity (Wildman–Crippen MR) is 131 cm³/mol. The largest absolute Gasteiger partial charge is 0.467 e. The van der Waals surface area contributed by atoms with Gasteiger partial charge in [-0.05, 0) is 54.2 Å². The summed E-state index contributed by atoms with van der Waals surface area (Å²) < 4.78 is 5.36. The zero-order valence-corrected chi connectivity index (χ0v) is 19.1. The lowest BCUT2D eigenvalue weighted by Gasteiger charge is -2.32. The van der Waals surface area contributed by atoms with Crippen LogP contribution in [0.15, 0.2) is 53.1 Å². The summed E-state index contributed by atoms with van der Waals surface area (Å²) in [5.41, 5.74) is 2.70. The van der Waals surface area contributed by atoms with Gasteiger partial charge in [-0.15, -0.1) is 0 Å². The van der Waals surface area contributed by atoms with Crippen LogP contribution in [0.2, 0.25) is 0 Å². The number of furan rings is 1. The van der Waals surface area contributed by atoms with E-state index in [0.29, 0.717) is 17.6 Å². The predicted octanol–water partition coefficient (Wildman–Crippen LogP) is 4.31. The first kappa shape index (κ1) is 20.8. The Morgan fingerprint density at radius 1 is 1.03 bits per heavy atom. The van der Waals surface area contributed by atoms with Gasteiger partial charge in [-0.2, -0.15) is 9.97 Å². The molecule has 2 N–H and O–H groups in total. The fourth-order valence-corrected chi connectivity index (χ4v) is 4.42. The van der Waals surface area contributed by atoms with Crippen LogP contribution in [0.4, 0.5) is 17.6 Å². The summed E-state index contributed by atoms with van der Waals surface area (Å²) in [7, 11) is 0. The van der Waals surface area contributed by atoms with E-state index in [4.69, 9.17) is 26.6 Å². The Morgan fingerprint density at radius 3 is 2.38 bits per heavy atom. The van der Waals surface area contributed by atoms with Crippen LogP contribution in [-0.2, 0) is 19.6 Å². The number of nitrogens with one attached hydrogen (secondary N) is 2. The van der Waals surface area contributed by atoms with Crippen molar-refractivity contribution in [3.63, 3.8) is 0 Å². The van der Waals surface area contributed by atoms with Gasteiger partial charge in [0.2, 0.25) is 5.95 Å². The summed E-state index contributed by atoms with van der Waals surface area (Å²) in [4.78, 5) is 14.3. The SMILES string of the molecule is CC1CCN(c2cc(N3Cc4ccccc4C3)nc(NC(=S)NCc3ccco3)n2)CC1. The van der Waals surface area contributed by atoms with Crippen molar-refractivity contribution in [3.8, 4) is 0 Å².